The van der Waals surface area contributed by atoms with Crippen molar-refractivity contribution in [3.8, 4) is 11.5 Å². The number of benzene rings is 3. The van der Waals surface area contributed by atoms with E-state index in [1.165, 1.54) is 17.3 Å². The highest BCUT2D eigenvalue weighted by molar-refractivity contribution is 9.10. The van der Waals surface area contributed by atoms with Crippen molar-refractivity contribution in [2.75, 3.05) is 20.8 Å². The Balaban J connectivity index is 1.69. The summed E-state index contributed by atoms with van der Waals surface area (Å²) in [6.45, 7) is 2.58. The summed E-state index contributed by atoms with van der Waals surface area (Å²) < 4.78 is 11.7. The molecule has 0 bridgehead atoms. The fraction of sp³-hybridized carbons (Fsp3) is 0.185. The second kappa shape index (κ2) is 10.9. The molecule has 1 amide bonds. The molecule has 0 aliphatic carbocycles. The van der Waals surface area contributed by atoms with Crippen LogP contribution in [0, 0.1) is 6.92 Å². The predicted octanol–water partition coefficient (Wildman–Crippen LogP) is 6.62. The summed E-state index contributed by atoms with van der Waals surface area (Å²) in [6.07, 6.45) is 2.59. The van der Waals surface area contributed by atoms with Gasteiger partial charge in [0, 0.05) is 18.2 Å². The topological polar surface area (TPSA) is 51.1 Å². The number of rotatable bonds is 7. The number of halogens is 1. The lowest BCUT2D eigenvalue weighted by atomic mass is 10.1. The summed E-state index contributed by atoms with van der Waals surface area (Å²) in [7, 11) is 3.21. The predicted molar refractivity (Wildman–Crippen MR) is 143 cm³/mol. The monoisotopic (exact) mass is 536 g/mol. The van der Waals surface area contributed by atoms with E-state index in [1.807, 2.05) is 61.5 Å². The summed E-state index contributed by atoms with van der Waals surface area (Å²) >= 11 is 4.90. The number of ether oxygens (including phenoxy) is 2. The second-order valence-electron chi connectivity index (χ2n) is 7.76. The van der Waals surface area contributed by atoms with Crippen LogP contribution in [0.1, 0.15) is 16.7 Å². The normalized spacial score (nSPS) is 15.9. The molecular formula is C27H25BrN2O3S. The zero-order chi connectivity index (χ0) is 24.1. The quantitative estimate of drug-likeness (QED) is 0.318. The average molecular weight is 537 g/mol. The van der Waals surface area contributed by atoms with Gasteiger partial charge in [-0.3, -0.25) is 9.69 Å². The van der Waals surface area contributed by atoms with Crippen molar-refractivity contribution in [2.24, 2.45) is 4.99 Å². The van der Waals surface area contributed by atoms with Crippen LogP contribution in [0.15, 0.2) is 81.1 Å². The van der Waals surface area contributed by atoms with E-state index in [4.69, 9.17) is 14.5 Å². The molecule has 5 nitrogen and oxygen atoms in total. The minimum absolute atomic E-state index is 0.0687. The summed E-state index contributed by atoms with van der Waals surface area (Å²) in [5.41, 5.74) is 3.94. The third kappa shape index (κ3) is 5.54. The number of carbonyl (C=O) groups excluding carboxylic acids is 1. The zero-order valence-electron chi connectivity index (χ0n) is 19.2. The molecule has 0 radical (unpaired) electrons. The van der Waals surface area contributed by atoms with E-state index in [9.17, 15) is 4.79 Å². The number of nitrogens with zero attached hydrogens (tertiary/aromatic N) is 2. The van der Waals surface area contributed by atoms with Crippen molar-refractivity contribution in [2.45, 2.75) is 13.3 Å². The molecule has 34 heavy (non-hydrogen) atoms. The highest BCUT2D eigenvalue weighted by Gasteiger charge is 2.33. The Hall–Kier alpha value is -3.03. The molecule has 0 N–H and O–H groups in total. The van der Waals surface area contributed by atoms with Gasteiger partial charge in [-0.1, -0.05) is 48.0 Å². The van der Waals surface area contributed by atoms with Gasteiger partial charge in [0.25, 0.3) is 5.91 Å². The molecule has 1 aliphatic heterocycles. The van der Waals surface area contributed by atoms with Crippen LogP contribution in [0.3, 0.4) is 0 Å². The number of carbonyl (C=O) groups is 1. The van der Waals surface area contributed by atoms with Gasteiger partial charge in [0.2, 0.25) is 0 Å². The van der Waals surface area contributed by atoms with Crippen LogP contribution < -0.4 is 9.47 Å². The molecule has 0 spiro atoms. The molecule has 0 saturated carbocycles. The average Bonchev–Trinajstić information content (AvgIpc) is 3.13. The van der Waals surface area contributed by atoms with E-state index in [1.54, 1.807) is 25.2 Å². The van der Waals surface area contributed by atoms with Gasteiger partial charge in [0.15, 0.2) is 5.17 Å². The van der Waals surface area contributed by atoms with Crippen molar-refractivity contribution >= 4 is 50.5 Å². The molecule has 174 valence electrons. The molecule has 3 aromatic rings. The van der Waals surface area contributed by atoms with Gasteiger partial charge in [0.1, 0.15) is 11.5 Å². The van der Waals surface area contributed by atoms with Gasteiger partial charge in [-0.05, 0) is 70.9 Å². The number of aryl methyl sites for hydroxylation is 1. The van der Waals surface area contributed by atoms with Gasteiger partial charge in [0.05, 0.1) is 29.3 Å². The second-order valence-corrected chi connectivity index (χ2v) is 9.63. The third-order valence-corrected chi connectivity index (χ3v) is 7.03. The molecule has 4 rings (SSSR count). The first-order valence-corrected chi connectivity index (χ1v) is 12.4. The molecule has 1 saturated heterocycles. The van der Waals surface area contributed by atoms with Crippen molar-refractivity contribution in [1.29, 1.82) is 0 Å². The first kappa shape index (κ1) is 24.1. The van der Waals surface area contributed by atoms with Gasteiger partial charge < -0.3 is 9.47 Å². The third-order valence-electron chi connectivity index (χ3n) is 5.40. The lowest BCUT2D eigenvalue weighted by Crippen LogP contribution is -2.31. The molecule has 1 heterocycles. The number of hydrogen-bond donors (Lipinski definition) is 0. The van der Waals surface area contributed by atoms with E-state index in [-0.39, 0.29) is 5.91 Å². The summed E-state index contributed by atoms with van der Waals surface area (Å²) in [6, 6.07) is 21.8. The van der Waals surface area contributed by atoms with Crippen LogP contribution in [0.2, 0.25) is 0 Å². The summed E-state index contributed by atoms with van der Waals surface area (Å²) in [4.78, 5) is 20.6. The maximum atomic E-state index is 13.5. The fourth-order valence-electron chi connectivity index (χ4n) is 3.54. The Morgan fingerprint density at radius 1 is 1.00 bits per heavy atom. The van der Waals surface area contributed by atoms with Crippen LogP contribution in [-0.2, 0) is 11.2 Å². The van der Waals surface area contributed by atoms with Gasteiger partial charge in [-0.15, -0.1) is 0 Å². The van der Waals surface area contributed by atoms with Crippen LogP contribution in [0.5, 0.6) is 11.5 Å². The number of thioether (sulfide) groups is 1. The SMILES string of the molecule is COc1cc(OC)c(/C=C2/SC(=Nc3ccc(C)cc3)N(CCc3ccccc3)C2=O)cc1Br. The molecule has 1 aliphatic rings. The lowest BCUT2D eigenvalue weighted by molar-refractivity contribution is -0.122. The molecule has 7 heteroatoms. The smallest absolute Gasteiger partial charge is 0.266 e. The maximum absolute atomic E-state index is 13.5. The van der Waals surface area contributed by atoms with Gasteiger partial charge in [-0.25, -0.2) is 4.99 Å². The number of amidine groups is 1. The first-order chi connectivity index (χ1) is 16.5. The van der Waals surface area contributed by atoms with E-state index >= 15 is 0 Å². The Bertz CT molecular complexity index is 1240. The molecule has 0 atom stereocenters. The summed E-state index contributed by atoms with van der Waals surface area (Å²) in [5, 5.41) is 0.669. The number of aliphatic imine (C=N–C) groups is 1. The largest absolute Gasteiger partial charge is 0.496 e. The summed E-state index contributed by atoms with van der Waals surface area (Å²) in [5.74, 6) is 1.22. The molecule has 1 fully saturated rings. The minimum atomic E-state index is -0.0687. The first-order valence-electron chi connectivity index (χ1n) is 10.8. The Morgan fingerprint density at radius 3 is 2.38 bits per heavy atom. The maximum Gasteiger partial charge on any atom is 0.266 e. The highest BCUT2D eigenvalue weighted by Crippen LogP contribution is 2.38. The van der Waals surface area contributed by atoms with E-state index < -0.39 is 0 Å². The van der Waals surface area contributed by atoms with Crippen LogP contribution in [-0.4, -0.2) is 36.7 Å². The molecule has 3 aromatic carbocycles. The van der Waals surface area contributed by atoms with E-state index in [0.29, 0.717) is 28.1 Å². The lowest BCUT2D eigenvalue weighted by Gasteiger charge is -2.15. The van der Waals surface area contributed by atoms with Crippen LogP contribution in [0.4, 0.5) is 5.69 Å². The Morgan fingerprint density at radius 2 is 1.71 bits per heavy atom. The van der Waals surface area contributed by atoms with Crippen molar-refractivity contribution in [3.63, 3.8) is 0 Å². The zero-order valence-corrected chi connectivity index (χ0v) is 21.7. The number of methoxy groups -OCH3 is 2. The molecule has 0 unspecified atom stereocenters. The van der Waals surface area contributed by atoms with Gasteiger partial charge >= 0.3 is 0 Å². The standard InChI is InChI=1S/C27H25BrN2O3S/c1-18-9-11-21(12-10-18)29-27-30(14-13-19-7-5-4-6-8-19)26(31)25(34-27)16-20-15-22(28)24(33-3)17-23(20)32-2/h4-12,15-17H,13-14H2,1-3H3/b25-16+,29-27?. The van der Waals surface area contributed by atoms with Crippen LogP contribution >= 0.6 is 27.7 Å². The van der Waals surface area contributed by atoms with Gasteiger partial charge in [-0.2, -0.15) is 0 Å². The minimum Gasteiger partial charge on any atom is -0.496 e. The fourth-order valence-corrected chi connectivity index (χ4v) is 5.08. The highest BCUT2D eigenvalue weighted by atomic mass is 79.9. The Kier molecular flexibility index (Phi) is 7.75. The molecule has 0 aromatic heterocycles. The van der Waals surface area contributed by atoms with E-state index in [0.717, 1.165) is 27.7 Å². The number of amides is 1. The van der Waals surface area contributed by atoms with E-state index in [2.05, 4.69) is 28.1 Å². The van der Waals surface area contributed by atoms with Crippen molar-refractivity contribution in [1.82, 2.24) is 4.90 Å². The van der Waals surface area contributed by atoms with Crippen LogP contribution in [0.25, 0.3) is 6.08 Å². The van der Waals surface area contributed by atoms with Crippen molar-refractivity contribution in [3.05, 3.63) is 92.8 Å². The molecular weight excluding hydrogens is 512 g/mol. The Labute approximate surface area is 212 Å². The number of hydrogen-bond acceptors (Lipinski definition) is 5. The van der Waals surface area contributed by atoms with Crippen molar-refractivity contribution < 1.29 is 14.3 Å².